The first-order chi connectivity index (χ1) is 13.4. The largest absolute Gasteiger partial charge is 0.325 e. The molecule has 6 nitrogen and oxygen atoms in total. The summed E-state index contributed by atoms with van der Waals surface area (Å²) in [5.41, 5.74) is 1.04. The van der Waals surface area contributed by atoms with Gasteiger partial charge in [0.2, 0.25) is 11.0 Å². The molecule has 0 aliphatic rings. The first-order valence-corrected chi connectivity index (χ1v) is 11.5. The van der Waals surface area contributed by atoms with Crippen molar-refractivity contribution in [2.24, 2.45) is 0 Å². The third-order valence-corrected chi connectivity index (χ3v) is 6.58. The van der Waals surface area contributed by atoms with Crippen LogP contribution in [-0.2, 0) is 4.79 Å². The Morgan fingerprint density at radius 2 is 1.75 bits per heavy atom. The second kappa shape index (κ2) is 9.84. The molecule has 0 fully saturated rings. The molecule has 2 aromatic carbocycles. The predicted molar refractivity (Wildman–Crippen MR) is 121 cm³/mol. The van der Waals surface area contributed by atoms with E-state index in [-0.39, 0.29) is 17.6 Å². The molecule has 0 spiro atoms. The number of hydrogen-bond acceptors (Lipinski definition) is 6. The molecule has 3 rings (SSSR count). The molecular weight excluding hydrogens is 552 g/mol. The first-order valence-electron chi connectivity index (χ1n) is 7.69. The average molecular weight is 563 g/mol. The van der Waals surface area contributed by atoms with E-state index in [1.807, 2.05) is 12.1 Å². The van der Waals surface area contributed by atoms with E-state index >= 15 is 0 Å². The molecule has 0 aliphatic carbocycles. The van der Waals surface area contributed by atoms with Crippen LogP contribution in [0.15, 0.2) is 55.7 Å². The molecule has 1 aromatic heterocycles. The number of benzene rings is 2. The zero-order valence-electron chi connectivity index (χ0n) is 13.9. The summed E-state index contributed by atoms with van der Waals surface area (Å²) in [6.45, 7) is 0. The van der Waals surface area contributed by atoms with E-state index in [0.717, 1.165) is 8.95 Å². The normalized spacial score (nSPS) is 10.5. The Balaban J connectivity index is 1.53. The van der Waals surface area contributed by atoms with Crippen molar-refractivity contribution in [3.05, 3.63) is 62.0 Å². The fraction of sp³-hybridized carbons (Fsp3) is 0.0588. The molecule has 0 saturated heterocycles. The third kappa shape index (κ3) is 6.02. The Bertz CT molecular complexity index is 1010. The highest BCUT2D eigenvalue weighted by atomic mass is 79.9. The van der Waals surface area contributed by atoms with Crippen LogP contribution in [0.2, 0.25) is 5.02 Å². The fourth-order valence-corrected chi connectivity index (χ4v) is 4.39. The molecule has 2 N–H and O–H groups in total. The van der Waals surface area contributed by atoms with Gasteiger partial charge in [-0.3, -0.25) is 14.9 Å². The van der Waals surface area contributed by atoms with Crippen LogP contribution in [-0.4, -0.2) is 27.8 Å². The van der Waals surface area contributed by atoms with Crippen molar-refractivity contribution < 1.29 is 9.59 Å². The van der Waals surface area contributed by atoms with Crippen molar-refractivity contribution in [1.82, 2.24) is 10.2 Å². The monoisotopic (exact) mass is 560 g/mol. The molecule has 1 heterocycles. The summed E-state index contributed by atoms with van der Waals surface area (Å²) < 4.78 is 2.25. The highest BCUT2D eigenvalue weighted by Crippen LogP contribution is 2.27. The van der Waals surface area contributed by atoms with Crippen LogP contribution in [0.3, 0.4) is 0 Å². The molecule has 11 heteroatoms. The van der Waals surface area contributed by atoms with E-state index in [4.69, 9.17) is 11.6 Å². The van der Waals surface area contributed by atoms with Gasteiger partial charge in [0.1, 0.15) is 0 Å². The van der Waals surface area contributed by atoms with Crippen molar-refractivity contribution in [2.75, 3.05) is 16.4 Å². The van der Waals surface area contributed by atoms with Gasteiger partial charge in [0.15, 0.2) is 4.34 Å². The Morgan fingerprint density at radius 3 is 2.50 bits per heavy atom. The van der Waals surface area contributed by atoms with E-state index in [1.165, 1.54) is 23.1 Å². The van der Waals surface area contributed by atoms with Gasteiger partial charge >= 0.3 is 0 Å². The van der Waals surface area contributed by atoms with Gasteiger partial charge in [0, 0.05) is 14.6 Å². The zero-order valence-corrected chi connectivity index (χ0v) is 19.5. The number of nitrogens with one attached hydrogen (secondary N) is 2. The minimum atomic E-state index is -0.382. The molecule has 0 radical (unpaired) electrons. The molecule has 144 valence electrons. The maximum atomic E-state index is 12.3. The third-order valence-electron chi connectivity index (χ3n) is 3.25. The van der Waals surface area contributed by atoms with Gasteiger partial charge in [-0.05, 0) is 42.5 Å². The Morgan fingerprint density at radius 1 is 1.04 bits per heavy atom. The SMILES string of the molecule is O=C(CSc1nnc(NC(=O)c2cc(Br)ccc2Cl)s1)Nc1ccc(Br)cc1. The molecule has 2 amide bonds. The minimum absolute atomic E-state index is 0.158. The quantitative estimate of drug-likeness (QED) is 0.298. The number of carbonyl (C=O) groups is 2. The topological polar surface area (TPSA) is 84.0 Å². The maximum absolute atomic E-state index is 12.3. The number of halogens is 3. The van der Waals surface area contributed by atoms with E-state index in [1.54, 1.807) is 30.3 Å². The molecule has 3 aromatic rings. The standard InChI is InChI=1S/C17H11Br2ClN4O2S2/c18-9-1-4-11(5-2-9)21-14(25)8-27-17-24-23-16(28-17)22-15(26)12-7-10(19)3-6-13(12)20/h1-7H,8H2,(H,21,25)(H,22,23,26). The lowest BCUT2D eigenvalue weighted by molar-refractivity contribution is -0.113. The highest BCUT2D eigenvalue weighted by molar-refractivity contribution is 9.10. The molecule has 0 atom stereocenters. The summed E-state index contributed by atoms with van der Waals surface area (Å²) in [5, 5.41) is 14.0. The van der Waals surface area contributed by atoms with E-state index in [2.05, 4.69) is 52.7 Å². The second-order valence-electron chi connectivity index (χ2n) is 5.30. The van der Waals surface area contributed by atoms with Gasteiger partial charge in [-0.1, -0.05) is 66.6 Å². The number of thioether (sulfide) groups is 1. The van der Waals surface area contributed by atoms with E-state index in [9.17, 15) is 9.59 Å². The van der Waals surface area contributed by atoms with Crippen molar-refractivity contribution in [3.63, 3.8) is 0 Å². The van der Waals surface area contributed by atoms with Gasteiger partial charge in [-0.15, -0.1) is 10.2 Å². The number of nitrogens with zero attached hydrogens (tertiary/aromatic N) is 2. The van der Waals surface area contributed by atoms with Gasteiger partial charge in [-0.2, -0.15) is 0 Å². The number of hydrogen-bond donors (Lipinski definition) is 2. The lowest BCUT2D eigenvalue weighted by Gasteiger charge is -2.04. The first kappa shape index (κ1) is 21.3. The number of amides is 2. The summed E-state index contributed by atoms with van der Waals surface area (Å²) in [4.78, 5) is 24.4. The summed E-state index contributed by atoms with van der Waals surface area (Å²) in [6, 6.07) is 12.3. The van der Waals surface area contributed by atoms with Crippen LogP contribution in [0.1, 0.15) is 10.4 Å². The maximum Gasteiger partial charge on any atom is 0.259 e. The summed E-state index contributed by atoms with van der Waals surface area (Å²) in [6.07, 6.45) is 0. The fourth-order valence-electron chi connectivity index (χ4n) is 2.01. The number of carbonyl (C=O) groups excluding carboxylic acids is 2. The van der Waals surface area contributed by atoms with Crippen LogP contribution in [0.4, 0.5) is 10.8 Å². The van der Waals surface area contributed by atoms with E-state index in [0.29, 0.717) is 25.7 Å². The van der Waals surface area contributed by atoms with Crippen molar-refractivity contribution in [1.29, 1.82) is 0 Å². The van der Waals surface area contributed by atoms with Crippen molar-refractivity contribution >= 4 is 89.2 Å². The number of rotatable bonds is 6. The zero-order chi connectivity index (χ0) is 20.1. The molecule has 0 saturated carbocycles. The number of aromatic nitrogens is 2. The summed E-state index contributed by atoms with van der Waals surface area (Å²) >= 11 is 15.1. The molecule has 0 aliphatic heterocycles. The minimum Gasteiger partial charge on any atom is -0.325 e. The molecule has 0 bridgehead atoms. The van der Waals surface area contributed by atoms with Gasteiger partial charge < -0.3 is 5.32 Å². The lowest BCUT2D eigenvalue weighted by atomic mass is 10.2. The molecule has 28 heavy (non-hydrogen) atoms. The highest BCUT2D eigenvalue weighted by Gasteiger charge is 2.14. The van der Waals surface area contributed by atoms with Crippen LogP contribution >= 0.6 is 66.6 Å². The Labute approximate surface area is 190 Å². The second-order valence-corrected chi connectivity index (χ2v) is 9.73. The summed E-state index contributed by atoms with van der Waals surface area (Å²) in [5.74, 6) is -0.364. The van der Waals surface area contributed by atoms with Crippen molar-refractivity contribution in [3.8, 4) is 0 Å². The van der Waals surface area contributed by atoms with Crippen LogP contribution < -0.4 is 10.6 Å². The summed E-state index contributed by atoms with van der Waals surface area (Å²) in [7, 11) is 0. The number of anilines is 2. The van der Waals surface area contributed by atoms with Gasteiger partial charge in [0.05, 0.1) is 16.3 Å². The smallest absolute Gasteiger partial charge is 0.259 e. The van der Waals surface area contributed by atoms with Gasteiger partial charge in [0.25, 0.3) is 5.91 Å². The molecule has 0 unspecified atom stereocenters. The van der Waals surface area contributed by atoms with Crippen LogP contribution in [0.25, 0.3) is 0 Å². The Hall–Kier alpha value is -1.46. The lowest BCUT2D eigenvalue weighted by Crippen LogP contribution is -2.13. The van der Waals surface area contributed by atoms with Crippen molar-refractivity contribution in [2.45, 2.75) is 4.34 Å². The predicted octanol–water partition coefficient (Wildman–Crippen LogP) is 5.70. The average Bonchev–Trinajstić information content (AvgIpc) is 3.11. The Kier molecular flexibility index (Phi) is 7.47. The van der Waals surface area contributed by atoms with Gasteiger partial charge in [-0.25, -0.2) is 0 Å². The van der Waals surface area contributed by atoms with E-state index < -0.39 is 0 Å². The van der Waals surface area contributed by atoms with Crippen LogP contribution in [0, 0.1) is 0 Å². The molecular formula is C17H11Br2ClN4O2S2. The van der Waals surface area contributed by atoms with Crippen LogP contribution in [0.5, 0.6) is 0 Å².